The first kappa shape index (κ1) is 13.0. The van der Waals surface area contributed by atoms with Crippen LogP contribution in [0.3, 0.4) is 0 Å². The van der Waals surface area contributed by atoms with Gasteiger partial charge in [0, 0.05) is 6.04 Å². The predicted molar refractivity (Wildman–Crippen MR) is 65.9 cm³/mol. The molecular formula is C13H21NO2. The van der Waals surface area contributed by atoms with Gasteiger partial charge < -0.3 is 15.2 Å². The number of hydrogen-bond acceptors (Lipinski definition) is 3. The van der Waals surface area contributed by atoms with E-state index >= 15 is 0 Å². The maximum absolute atomic E-state index is 9.17. The molecule has 1 aromatic rings. The molecule has 0 aliphatic carbocycles. The third-order valence-electron chi connectivity index (χ3n) is 2.43. The molecule has 0 radical (unpaired) electrons. The number of rotatable bonds is 7. The summed E-state index contributed by atoms with van der Waals surface area (Å²) in [4.78, 5) is 0. The molecule has 3 nitrogen and oxygen atoms in total. The van der Waals surface area contributed by atoms with Gasteiger partial charge in [-0.1, -0.05) is 19.1 Å². The van der Waals surface area contributed by atoms with Crippen LogP contribution >= 0.6 is 0 Å². The summed E-state index contributed by atoms with van der Waals surface area (Å²) >= 11 is 0. The number of aliphatic hydroxyl groups excluding tert-OH is 1. The fraction of sp³-hybridized carbons (Fsp3) is 0.538. The number of aliphatic hydroxyl groups is 1. The number of hydrogen-bond donors (Lipinski definition) is 2. The molecule has 16 heavy (non-hydrogen) atoms. The Balaban J connectivity index is 2.53. The molecule has 0 spiro atoms. The molecule has 1 rings (SSSR count). The van der Waals surface area contributed by atoms with Crippen molar-refractivity contribution in [2.75, 3.05) is 19.8 Å². The minimum atomic E-state index is 0.142. The van der Waals surface area contributed by atoms with Crippen molar-refractivity contribution < 1.29 is 9.84 Å². The van der Waals surface area contributed by atoms with Gasteiger partial charge >= 0.3 is 0 Å². The van der Waals surface area contributed by atoms with Gasteiger partial charge in [0.15, 0.2) is 0 Å². The lowest BCUT2D eigenvalue weighted by Crippen LogP contribution is -2.34. The van der Waals surface area contributed by atoms with Gasteiger partial charge in [-0.15, -0.1) is 0 Å². The minimum Gasteiger partial charge on any atom is -0.494 e. The summed E-state index contributed by atoms with van der Waals surface area (Å²) in [5, 5.41) is 12.4. The zero-order valence-electron chi connectivity index (χ0n) is 10.1. The van der Waals surface area contributed by atoms with Crippen molar-refractivity contribution in [1.29, 1.82) is 0 Å². The fourth-order valence-electron chi connectivity index (χ4n) is 1.66. The van der Waals surface area contributed by atoms with Gasteiger partial charge in [0.25, 0.3) is 0 Å². The lowest BCUT2D eigenvalue weighted by atomic mass is 10.1. The van der Waals surface area contributed by atoms with Crippen LogP contribution in [0.15, 0.2) is 24.3 Å². The summed E-state index contributed by atoms with van der Waals surface area (Å²) in [7, 11) is 0. The molecule has 0 amide bonds. The molecule has 2 N–H and O–H groups in total. The molecule has 0 aliphatic heterocycles. The molecular weight excluding hydrogens is 202 g/mol. The second kappa shape index (κ2) is 7.25. The minimum absolute atomic E-state index is 0.142. The van der Waals surface area contributed by atoms with Crippen molar-refractivity contribution in [3.8, 4) is 5.75 Å². The lowest BCUT2D eigenvalue weighted by molar-refractivity contribution is 0.243. The molecule has 0 bridgehead atoms. The van der Waals surface area contributed by atoms with Crippen LogP contribution in [-0.4, -0.2) is 30.9 Å². The smallest absolute Gasteiger partial charge is 0.119 e. The Bertz CT molecular complexity index is 284. The molecule has 90 valence electrons. The van der Waals surface area contributed by atoms with E-state index in [4.69, 9.17) is 4.74 Å². The first-order valence-corrected chi connectivity index (χ1v) is 5.86. The highest BCUT2D eigenvalue weighted by Gasteiger charge is 2.06. The molecule has 0 saturated carbocycles. The Morgan fingerprint density at radius 3 is 2.44 bits per heavy atom. The van der Waals surface area contributed by atoms with Crippen LogP contribution in [-0.2, 0) is 6.42 Å². The summed E-state index contributed by atoms with van der Waals surface area (Å²) < 4.78 is 5.37. The summed E-state index contributed by atoms with van der Waals surface area (Å²) in [5.41, 5.74) is 1.21. The monoisotopic (exact) mass is 223 g/mol. The van der Waals surface area contributed by atoms with E-state index in [9.17, 15) is 5.11 Å². The van der Waals surface area contributed by atoms with Gasteiger partial charge in [0.05, 0.1) is 13.2 Å². The molecule has 1 atom stereocenters. The van der Waals surface area contributed by atoms with E-state index in [1.165, 1.54) is 5.56 Å². The second-order valence-electron chi connectivity index (χ2n) is 3.72. The number of benzene rings is 1. The van der Waals surface area contributed by atoms with Gasteiger partial charge in [-0.05, 0) is 37.6 Å². The quantitative estimate of drug-likeness (QED) is 0.737. The number of likely N-dealkylation sites (N-methyl/N-ethyl adjacent to an activating group) is 1. The van der Waals surface area contributed by atoms with E-state index in [0.29, 0.717) is 6.61 Å². The topological polar surface area (TPSA) is 41.5 Å². The third kappa shape index (κ3) is 4.21. The SMILES string of the molecule is CCNC(CO)Cc1ccc(OCC)cc1. The van der Waals surface area contributed by atoms with Crippen LogP contribution in [0.25, 0.3) is 0 Å². The molecule has 3 heteroatoms. The fourth-order valence-corrected chi connectivity index (χ4v) is 1.66. The zero-order chi connectivity index (χ0) is 11.8. The number of nitrogens with one attached hydrogen (secondary N) is 1. The van der Waals surface area contributed by atoms with E-state index in [0.717, 1.165) is 18.7 Å². The van der Waals surface area contributed by atoms with E-state index in [1.54, 1.807) is 0 Å². The first-order chi connectivity index (χ1) is 7.80. The van der Waals surface area contributed by atoms with Gasteiger partial charge in [-0.2, -0.15) is 0 Å². The molecule has 0 aliphatic rings. The summed E-state index contributed by atoms with van der Waals surface area (Å²) in [6.45, 7) is 5.75. The zero-order valence-corrected chi connectivity index (χ0v) is 10.1. The molecule has 1 unspecified atom stereocenters. The normalized spacial score (nSPS) is 12.4. The Labute approximate surface area is 97.4 Å². The first-order valence-electron chi connectivity index (χ1n) is 5.86. The van der Waals surface area contributed by atoms with Gasteiger partial charge in [0.1, 0.15) is 5.75 Å². The Kier molecular flexibility index (Phi) is 5.90. The van der Waals surface area contributed by atoms with Crippen molar-refractivity contribution in [1.82, 2.24) is 5.32 Å². The average molecular weight is 223 g/mol. The van der Waals surface area contributed by atoms with Gasteiger partial charge in [-0.25, -0.2) is 0 Å². The highest BCUT2D eigenvalue weighted by Crippen LogP contribution is 2.13. The van der Waals surface area contributed by atoms with Crippen LogP contribution in [0.2, 0.25) is 0 Å². The van der Waals surface area contributed by atoms with Crippen molar-refractivity contribution in [2.24, 2.45) is 0 Å². The third-order valence-corrected chi connectivity index (χ3v) is 2.43. The highest BCUT2D eigenvalue weighted by molar-refractivity contribution is 5.27. The van der Waals surface area contributed by atoms with Crippen molar-refractivity contribution >= 4 is 0 Å². The standard InChI is InChI=1S/C13H21NO2/c1-3-14-12(10-15)9-11-5-7-13(8-6-11)16-4-2/h5-8,12,14-15H,3-4,9-10H2,1-2H3. The van der Waals surface area contributed by atoms with Crippen LogP contribution in [0.1, 0.15) is 19.4 Å². The van der Waals surface area contributed by atoms with E-state index in [1.807, 2.05) is 38.1 Å². The molecule has 0 heterocycles. The molecule has 0 saturated heterocycles. The Morgan fingerprint density at radius 1 is 1.25 bits per heavy atom. The van der Waals surface area contributed by atoms with E-state index in [2.05, 4.69) is 5.32 Å². The maximum Gasteiger partial charge on any atom is 0.119 e. The molecule has 0 fully saturated rings. The van der Waals surface area contributed by atoms with Crippen LogP contribution in [0.4, 0.5) is 0 Å². The Hall–Kier alpha value is -1.06. The van der Waals surface area contributed by atoms with Crippen LogP contribution in [0, 0.1) is 0 Å². The molecule has 0 aromatic heterocycles. The second-order valence-corrected chi connectivity index (χ2v) is 3.72. The van der Waals surface area contributed by atoms with Crippen LogP contribution < -0.4 is 10.1 Å². The summed E-state index contributed by atoms with van der Waals surface area (Å²) in [6, 6.07) is 8.18. The van der Waals surface area contributed by atoms with E-state index in [-0.39, 0.29) is 12.6 Å². The summed E-state index contributed by atoms with van der Waals surface area (Å²) in [6.07, 6.45) is 0.844. The predicted octanol–water partition coefficient (Wildman–Crippen LogP) is 1.60. The number of ether oxygens (including phenoxy) is 1. The van der Waals surface area contributed by atoms with Crippen molar-refractivity contribution in [2.45, 2.75) is 26.3 Å². The van der Waals surface area contributed by atoms with Crippen molar-refractivity contribution in [3.05, 3.63) is 29.8 Å². The maximum atomic E-state index is 9.17. The van der Waals surface area contributed by atoms with Gasteiger partial charge in [-0.3, -0.25) is 0 Å². The largest absolute Gasteiger partial charge is 0.494 e. The highest BCUT2D eigenvalue weighted by atomic mass is 16.5. The van der Waals surface area contributed by atoms with Crippen LogP contribution in [0.5, 0.6) is 5.75 Å². The molecule has 1 aromatic carbocycles. The average Bonchev–Trinajstić information content (AvgIpc) is 2.31. The lowest BCUT2D eigenvalue weighted by Gasteiger charge is -2.15. The Morgan fingerprint density at radius 2 is 1.94 bits per heavy atom. The van der Waals surface area contributed by atoms with E-state index < -0.39 is 0 Å². The van der Waals surface area contributed by atoms with Gasteiger partial charge in [0.2, 0.25) is 0 Å². The summed E-state index contributed by atoms with van der Waals surface area (Å²) in [5.74, 6) is 0.898. The van der Waals surface area contributed by atoms with Crippen molar-refractivity contribution in [3.63, 3.8) is 0 Å².